The van der Waals surface area contributed by atoms with Crippen LogP contribution in [0, 0.1) is 0 Å². The Kier molecular flexibility index (Phi) is 8.55. The lowest BCUT2D eigenvalue weighted by Gasteiger charge is -2.01. The van der Waals surface area contributed by atoms with Crippen LogP contribution in [-0.2, 0) is 0 Å². The van der Waals surface area contributed by atoms with Gasteiger partial charge in [-0.05, 0) is 19.4 Å². The predicted octanol–water partition coefficient (Wildman–Crippen LogP) is 5.55. The van der Waals surface area contributed by atoms with Gasteiger partial charge in [0.2, 0.25) is 0 Å². The zero-order chi connectivity index (χ0) is 11.7. The Morgan fingerprint density at radius 3 is 2.47 bits per heavy atom. The number of hydrogen-bond donors (Lipinski definition) is 0. The molecule has 0 aliphatic heterocycles. The van der Waals surface area contributed by atoms with Crippen LogP contribution in [0.1, 0.15) is 33.1 Å². The first kappa shape index (κ1) is 14.5. The minimum absolute atomic E-state index is 0.630. The van der Waals surface area contributed by atoms with E-state index in [1.807, 2.05) is 13.0 Å². The van der Waals surface area contributed by atoms with Crippen LogP contribution in [0.25, 0.3) is 0 Å². The lowest BCUT2D eigenvalue weighted by molar-refractivity contribution is 0.814. The van der Waals surface area contributed by atoms with Crippen LogP contribution in [-0.4, -0.2) is 0 Å². The lowest BCUT2D eigenvalue weighted by atomic mass is 10.1. The first-order chi connectivity index (χ1) is 7.13. The Labute approximate surface area is 103 Å². The molecule has 15 heavy (non-hydrogen) atoms. The summed E-state index contributed by atoms with van der Waals surface area (Å²) < 4.78 is 0. The second-order valence-electron chi connectivity index (χ2n) is 3.24. The Hall–Kier alpha value is -0.460. The zero-order valence-electron chi connectivity index (χ0n) is 9.39. The first-order valence-corrected chi connectivity index (χ1v) is 5.90. The monoisotopic (exact) mass is 244 g/mol. The highest BCUT2D eigenvalue weighted by atomic mass is 35.5. The molecule has 0 fully saturated rings. The van der Waals surface area contributed by atoms with E-state index in [1.165, 1.54) is 12.8 Å². The fraction of sp³-hybridized carbons (Fsp3) is 0.385. The summed E-state index contributed by atoms with van der Waals surface area (Å²) in [6.07, 6.45) is 10.9. The van der Waals surface area contributed by atoms with Crippen molar-refractivity contribution in [1.82, 2.24) is 0 Å². The quantitative estimate of drug-likeness (QED) is 0.425. The molecule has 0 saturated heterocycles. The van der Waals surface area contributed by atoms with Crippen molar-refractivity contribution in [3.63, 3.8) is 0 Å². The molecule has 2 heteroatoms. The topological polar surface area (TPSA) is 0 Å². The van der Waals surface area contributed by atoms with Crippen molar-refractivity contribution in [2.45, 2.75) is 33.1 Å². The van der Waals surface area contributed by atoms with Crippen LogP contribution in [0.15, 0.2) is 46.5 Å². The van der Waals surface area contributed by atoms with Crippen LogP contribution in [0.2, 0.25) is 0 Å². The summed E-state index contributed by atoms with van der Waals surface area (Å²) >= 11 is 12.0. The van der Waals surface area contributed by atoms with Gasteiger partial charge >= 0.3 is 0 Å². The first-order valence-electron chi connectivity index (χ1n) is 5.15. The van der Waals surface area contributed by atoms with Crippen molar-refractivity contribution in [3.8, 4) is 0 Å². The second kappa shape index (κ2) is 8.82. The number of hydrogen-bond acceptors (Lipinski definition) is 0. The number of unbranched alkanes of at least 4 members (excludes halogenated alkanes) is 2. The molecular formula is C13H18Cl2. The van der Waals surface area contributed by atoms with Crippen molar-refractivity contribution in [2.75, 3.05) is 0 Å². The Bertz CT molecular complexity index is 279. The highest BCUT2D eigenvalue weighted by molar-refractivity contribution is 6.35. The van der Waals surface area contributed by atoms with E-state index >= 15 is 0 Å². The minimum atomic E-state index is 0.630. The molecule has 0 nitrogen and oxygen atoms in total. The smallest absolute Gasteiger partial charge is 0.0489 e. The van der Waals surface area contributed by atoms with Crippen LogP contribution in [0.3, 0.4) is 0 Å². The SMILES string of the molecule is C=CC=C(Cl)C(C=CCCCC)=C(C)Cl. The second-order valence-corrected chi connectivity index (χ2v) is 4.22. The van der Waals surface area contributed by atoms with Crippen LogP contribution >= 0.6 is 23.2 Å². The third-order valence-corrected chi connectivity index (χ3v) is 2.43. The normalized spacial score (nSPS) is 14.3. The van der Waals surface area contributed by atoms with E-state index in [9.17, 15) is 0 Å². The van der Waals surface area contributed by atoms with Gasteiger partial charge in [0, 0.05) is 15.6 Å². The summed E-state index contributed by atoms with van der Waals surface area (Å²) in [6, 6.07) is 0. The highest BCUT2D eigenvalue weighted by Crippen LogP contribution is 2.22. The van der Waals surface area contributed by atoms with E-state index in [0.29, 0.717) is 10.1 Å². The van der Waals surface area contributed by atoms with E-state index in [1.54, 1.807) is 12.2 Å². The molecule has 0 rings (SSSR count). The van der Waals surface area contributed by atoms with Gasteiger partial charge in [-0.3, -0.25) is 0 Å². The van der Waals surface area contributed by atoms with Crippen LogP contribution < -0.4 is 0 Å². The fourth-order valence-electron chi connectivity index (χ4n) is 1.08. The molecule has 0 spiro atoms. The molecule has 0 bridgehead atoms. The van der Waals surface area contributed by atoms with Crippen molar-refractivity contribution in [3.05, 3.63) is 46.5 Å². The van der Waals surface area contributed by atoms with E-state index in [-0.39, 0.29) is 0 Å². The predicted molar refractivity (Wildman–Crippen MR) is 71.4 cm³/mol. The van der Waals surface area contributed by atoms with Gasteiger partial charge in [0.25, 0.3) is 0 Å². The van der Waals surface area contributed by atoms with Gasteiger partial charge in [-0.2, -0.15) is 0 Å². The molecule has 0 aliphatic rings. The molecule has 0 amide bonds. The average Bonchev–Trinajstić information content (AvgIpc) is 2.17. The maximum absolute atomic E-state index is 6.05. The van der Waals surface area contributed by atoms with E-state index in [0.717, 1.165) is 12.0 Å². The maximum atomic E-state index is 6.05. The minimum Gasteiger partial charge on any atom is -0.0990 e. The summed E-state index contributed by atoms with van der Waals surface area (Å²) in [4.78, 5) is 0. The molecule has 0 N–H and O–H groups in total. The van der Waals surface area contributed by atoms with Gasteiger partial charge in [-0.15, -0.1) is 0 Å². The molecular weight excluding hydrogens is 227 g/mol. The van der Waals surface area contributed by atoms with Gasteiger partial charge < -0.3 is 0 Å². The molecule has 0 unspecified atom stereocenters. The maximum Gasteiger partial charge on any atom is 0.0489 e. The van der Waals surface area contributed by atoms with E-state index in [2.05, 4.69) is 19.6 Å². The summed E-state index contributed by atoms with van der Waals surface area (Å²) in [5, 5.41) is 1.33. The molecule has 0 aromatic carbocycles. The summed E-state index contributed by atoms with van der Waals surface area (Å²) in [5.74, 6) is 0. The average molecular weight is 245 g/mol. The standard InChI is InChI=1S/C13H18Cl2/c1-4-6-7-8-10-12(11(3)14)13(15)9-5-2/h5,8-10H,2,4,6-7H2,1,3H3. The Morgan fingerprint density at radius 1 is 1.33 bits per heavy atom. The lowest BCUT2D eigenvalue weighted by Crippen LogP contribution is -1.81. The van der Waals surface area contributed by atoms with Crippen molar-refractivity contribution in [1.29, 1.82) is 0 Å². The van der Waals surface area contributed by atoms with Crippen molar-refractivity contribution >= 4 is 23.2 Å². The van der Waals surface area contributed by atoms with Gasteiger partial charge in [0.05, 0.1) is 0 Å². The molecule has 84 valence electrons. The summed E-state index contributed by atoms with van der Waals surface area (Å²) in [5.41, 5.74) is 0.870. The van der Waals surface area contributed by atoms with Crippen molar-refractivity contribution < 1.29 is 0 Å². The summed E-state index contributed by atoms with van der Waals surface area (Å²) in [7, 11) is 0. The third kappa shape index (κ3) is 6.59. The number of allylic oxidation sites excluding steroid dienone is 7. The Balaban J connectivity index is 4.58. The number of halogens is 2. The number of rotatable bonds is 6. The van der Waals surface area contributed by atoms with Gasteiger partial charge in [0.1, 0.15) is 0 Å². The summed E-state index contributed by atoms with van der Waals surface area (Å²) in [6.45, 7) is 7.60. The van der Waals surface area contributed by atoms with E-state index in [4.69, 9.17) is 23.2 Å². The Morgan fingerprint density at radius 2 is 2.00 bits per heavy atom. The molecule has 0 aromatic rings. The fourth-order valence-corrected chi connectivity index (χ4v) is 1.58. The highest BCUT2D eigenvalue weighted by Gasteiger charge is 2.00. The molecule has 0 aromatic heterocycles. The molecule has 0 atom stereocenters. The van der Waals surface area contributed by atoms with Crippen molar-refractivity contribution in [2.24, 2.45) is 0 Å². The molecule has 0 saturated carbocycles. The van der Waals surface area contributed by atoms with Gasteiger partial charge in [-0.1, -0.05) is 67.8 Å². The third-order valence-electron chi connectivity index (χ3n) is 1.90. The molecule has 0 aliphatic carbocycles. The largest absolute Gasteiger partial charge is 0.0990 e. The van der Waals surface area contributed by atoms with Gasteiger partial charge in [-0.25, -0.2) is 0 Å². The zero-order valence-corrected chi connectivity index (χ0v) is 10.9. The van der Waals surface area contributed by atoms with E-state index < -0.39 is 0 Å². The molecule has 0 heterocycles. The molecule has 0 radical (unpaired) electrons. The van der Waals surface area contributed by atoms with Gasteiger partial charge in [0.15, 0.2) is 0 Å². The van der Waals surface area contributed by atoms with Crippen LogP contribution in [0.5, 0.6) is 0 Å². The van der Waals surface area contributed by atoms with Crippen LogP contribution in [0.4, 0.5) is 0 Å².